The van der Waals surface area contributed by atoms with Gasteiger partial charge in [0.2, 0.25) is 0 Å². The number of aliphatic hydroxyl groups is 1. The van der Waals surface area contributed by atoms with Crippen LogP contribution < -0.4 is 0 Å². The number of carbonyl (C=O) groups excluding carboxylic acids is 1. The van der Waals surface area contributed by atoms with Crippen LogP contribution in [0.1, 0.15) is 16.2 Å². The number of nitrogens with zero attached hydrogens (tertiary/aromatic N) is 4. The molecular formula is C32H26N4O2S2. The third-order valence-electron chi connectivity index (χ3n) is 5.67. The van der Waals surface area contributed by atoms with Crippen molar-refractivity contribution in [3.05, 3.63) is 145 Å². The predicted octanol–water partition coefficient (Wildman–Crippen LogP) is 7.35. The molecule has 2 heterocycles. The lowest BCUT2D eigenvalue weighted by Crippen LogP contribution is -1.93. The number of aldehydes is 1. The van der Waals surface area contributed by atoms with Gasteiger partial charge in [-0.15, -0.1) is 0 Å². The van der Waals surface area contributed by atoms with Gasteiger partial charge in [0.1, 0.15) is 5.69 Å². The van der Waals surface area contributed by atoms with Gasteiger partial charge in [0.15, 0.2) is 16.6 Å². The Labute approximate surface area is 241 Å². The van der Waals surface area contributed by atoms with Crippen molar-refractivity contribution in [2.45, 2.75) is 26.7 Å². The van der Waals surface area contributed by atoms with Crippen molar-refractivity contribution in [2.24, 2.45) is 0 Å². The summed E-state index contributed by atoms with van der Waals surface area (Å²) in [5.41, 5.74) is 3.14. The van der Waals surface area contributed by atoms with Crippen molar-refractivity contribution in [3.63, 3.8) is 0 Å². The maximum atomic E-state index is 11.0. The van der Waals surface area contributed by atoms with Crippen molar-refractivity contribution < 1.29 is 9.90 Å². The Morgan fingerprint density at radius 1 is 0.600 bits per heavy atom. The number of hydrogen-bond acceptors (Lipinski definition) is 6. The van der Waals surface area contributed by atoms with Crippen molar-refractivity contribution in [1.82, 2.24) is 19.1 Å². The van der Waals surface area contributed by atoms with Crippen molar-refractivity contribution in [3.8, 4) is 11.4 Å². The Hall–Kier alpha value is -4.37. The topological polar surface area (TPSA) is 72.9 Å². The Kier molecular flexibility index (Phi) is 9.26. The monoisotopic (exact) mass is 562 g/mol. The second-order valence-corrected chi connectivity index (χ2v) is 10.6. The lowest BCUT2D eigenvalue weighted by Gasteiger charge is -2.06. The third kappa shape index (κ3) is 6.98. The number of rotatable bonds is 8. The summed E-state index contributed by atoms with van der Waals surface area (Å²) in [4.78, 5) is 22.0. The molecule has 0 unspecified atom stereocenters. The Morgan fingerprint density at radius 3 is 1.48 bits per heavy atom. The van der Waals surface area contributed by atoms with E-state index < -0.39 is 0 Å². The molecule has 0 atom stereocenters. The second-order valence-electron chi connectivity index (χ2n) is 8.48. The van der Waals surface area contributed by atoms with Gasteiger partial charge in [-0.2, -0.15) is 0 Å². The zero-order chi connectivity index (χ0) is 27.6. The molecule has 6 rings (SSSR count). The molecule has 0 saturated heterocycles. The minimum absolute atomic E-state index is 0.0534. The largest absolute Gasteiger partial charge is 0.390 e. The highest BCUT2D eigenvalue weighted by atomic mass is 32.2. The summed E-state index contributed by atoms with van der Waals surface area (Å²) in [5, 5.41) is 10.9. The SMILES string of the molecule is O=Cc1cn(-c2ccccc2)c(Sc2ccccc2)n1.OCc1cn(-c2ccccc2)c(Sc2ccccc2)n1. The van der Waals surface area contributed by atoms with Crippen LogP contribution in [0.2, 0.25) is 0 Å². The highest BCUT2D eigenvalue weighted by Crippen LogP contribution is 2.30. The molecule has 0 radical (unpaired) electrons. The van der Waals surface area contributed by atoms with Gasteiger partial charge in [0.25, 0.3) is 0 Å². The molecule has 2 aromatic heterocycles. The van der Waals surface area contributed by atoms with Crippen LogP contribution in [-0.2, 0) is 6.61 Å². The van der Waals surface area contributed by atoms with Crippen LogP contribution >= 0.6 is 23.5 Å². The van der Waals surface area contributed by atoms with E-state index >= 15 is 0 Å². The molecule has 0 aliphatic carbocycles. The summed E-state index contributed by atoms with van der Waals surface area (Å²) in [6.45, 7) is -0.0534. The van der Waals surface area contributed by atoms with Crippen LogP contribution in [0.4, 0.5) is 0 Å². The molecule has 0 amide bonds. The molecule has 40 heavy (non-hydrogen) atoms. The van der Waals surface area contributed by atoms with Crippen LogP contribution in [0, 0.1) is 0 Å². The van der Waals surface area contributed by atoms with Gasteiger partial charge in [-0.1, -0.05) is 96.3 Å². The molecule has 4 aromatic carbocycles. The van der Waals surface area contributed by atoms with Crippen LogP contribution in [0.15, 0.2) is 154 Å². The number of imidazole rings is 2. The Bertz CT molecular complexity index is 1640. The maximum Gasteiger partial charge on any atom is 0.178 e. The average Bonchev–Trinajstić information content (AvgIpc) is 3.63. The third-order valence-corrected chi connectivity index (χ3v) is 7.63. The van der Waals surface area contributed by atoms with E-state index in [9.17, 15) is 9.90 Å². The summed E-state index contributed by atoms with van der Waals surface area (Å²) < 4.78 is 3.94. The molecule has 0 bridgehead atoms. The zero-order valence-corrected chi connectivity index (χ0v) is 23.1. The van der Waals surface area contributed by atoms with E-state index in [4.69, 9.17) is 0 Å². The minimum Gasteiger partial charge on any atom is -0.390 e. The van der Waals surface area contributed by atoms with E-state index in [2.05, 4.69) is 9.97 Å². The molecule has 0 saturated carbocycles. The number of benzene rings is 4. The van der Waals surface area contributed by atoms with Crippen LogP contribution in [0.3, 0.4) is 0 Å². The molecule has 8 heteroatoms. The van der Waals surface area contributed by atoms with Crippen LogP contribution in [-0.4, -0.2) is 30.5 Å². The van der Waals surface area contributed by atoms with Gasteiger partial charge >= 0.3 is 0 Å². The first-order valence-corrected chi connectivity index (χ1v) is 14.2. The summed E-state index contributed by atoms with van der Waals surface area (Å²) in [7, 11) is 0. The zero-order valence-electron chi connectivity index (χ0n) is 21.4. The molecule has 1 N–H and O–H groups in total. The molecule has 0 aliphatic heterocycles. The number of hydrogen-bond donors (Lipinski definition) is 1. The lowest BCUT2D eigenvalue weighted by atomic mass is 10.3. The van der Waals surface area contributed by atoms with E-state index in [1.165, 1.54) is 11.8 Å². The van der Waals surface area contributed by atoms with Crippen molar-refractivity contribution in [1.29, 1.82) is 0 Å². The summed E-state index contributed by atoms with van der Waals surface area (Å²) in [6.07, 6.45) is 4.41. The molecular weight excluding hydrogens is 537 g/mol. The fourth-order valence-electron chi connectivity index (χ4n) is 3.80. The molecule has 198 valence electrons. The number of aromatic nitrogens is 4. The molecule has 0 spiro atoms. The summed E-state index contributed by atoms with van der Waals surface area (Å²) in [6, 6.07) is 40.0. The number of carbonyl (C=O) groups is 1. The predicted molar refractivity (Wildman–Crippen MR) is 160 cm³/mol. The fraction of sp³-hybridized carbons (Fsp3) is 0.0312. The standard InChI is InChI=1S/C16H14N2OS.C16H12N2OS/c2*19-12-13-11-18(14-7-3-1-4-8-14)16(17-13)20-15-9-5-2-6-10-15/h1-11,19H,12H2;1-12H. The van der Waals surface area contributed by atoms with E-state index in [0.717, 1.165) is 37.8 Å². The van der Waals surface area contributed by atoms with Gasteiger partial charge in [0.05, 0.1) is 12.3 Å². The average molecular weight is 563 g/mol. The lowest BCUT2D eigenvalue weighted by molar-refractivity contribution is 0.111. The van der Waals surface area contributed by atoms with Crippen LogP contribution in [0.5, 0.6) is 0 Å². The maximum absolute atomic E-state index is 11.0. The van der Waals surface area contributed by atoms with Gasteiger partial charge < -0.3 is 5.11 Å². The normalized spacial score (nSPS) is 10.5. The van der Waals surface area contributed by atoms with E-state index in [-0.39, 0.29) is 6.61 Å². The minimum atomic E-state index is -0.0534. The first-order chi connectivity index (χ1) is 19.7. The smallest absolute Gasteiger partial charge is 0.178 e. The quantitative estimate of drug-likeness (QED) is 0.196. The molecule has 0 fully saturated rings. The Morgan fingerprint density at radius 2 is 1.02 bits per heavy atom. The number of aliphatic hydroxyl groups excluding tert-OH is 1. The van der Waals surface area contributed by atoms with Crippen molar-refractivity contribution in [2.75, 3.05) is 0 Å². The second kappa shape index (κ2) is 13.6. The van der Waals surface area contributed by atoms with E-state index in [1.54, 1.807) is 18.0 Å². The Balaban J connectivity index is 0.000000161. The van der Waals surface area contributed by atoms with E-state index in [0.29, 0.717) is 11.4 Å². The highest BCUT2D eigenvalue weighted by molar-refractivity contribution is 7.99. The fourth-order valence-corrected chi connectivity index (χ4v) is 5.64. The molecule has 0 aliphatic rings. The summed E-state index contributed by atoms with van der Waals surface area (Å²) >= 11 is 3.12. The summed E-state index contributed by atoms with van der Waals surface area (Å²) in [5.74, 6) is 0. The van der Waals surface area contributed by atoms with E-state index in [1.807, 2.05) is 137 Å². The van der Waals surface area contributed by atoms with Gasteiger partial charge in [0, 0.05) is 33.6 Å². The molecule has 6 aromatic rings. The highest BCUT2D eigenvalue weighted by Gasteiger charge is 2.12. The van der Waals surface area contributed by atoms with Gasteiger partial charge in [-0.25, -0.2) is 9.97 Å². The molecule has 6 nitrogen and oxygen atoms in total. The first-order valence-electron chi connectivity index (χ1n) is 12.5. The number of para-hydroxylation sites is 2. The van der Waals surface area contributed by atoms with Gasteiger partial charge in [-0.05, 0) is 48.5 Å². The van der Waals surface area contributed by atoms with Crippen LogP contribution in [0.25, 0.3) is 11.4 Å². The van der Waals surface area contributed by atoms with Gasteiger partial charge in [-0.3, -0.25) is 13.9 Å². The first kappa shape index (κ1) is 27.2. The van der Waals surface area contributed by atoms with Crippen molar-refractivity contribution >= 4 is 29.8 Å².